The predicted molar refractivity (Wildman–Crippen MR) is 74.5 cm³/mol. The number of fused-ring (bicyclic) bond motifs is 1. The van der Waals surface area contributed by atoms with Crippen LogP contribution < -0.4 is 0 Å². The van der Waals surface area contributed by atoms with Gasteiger partial charge in [0.05, 0.1) is 0 Å². The van der Waals surface area contributed by atoms with Crippen LogP contribution in [-0.2, 0) is 0 Å². The summed E-state index contributed by atoms with van der Waals surface area (Å²) in [6.45, 7) is 0.536. The zero-order valence-electron chi connectivity index (χ0n) is 10.8. The van der Waals surface area contributed by atoms with Crippen LogP contribution in [0.4, 0.5) is 0 Å². The van der Waals surface area contributed by atoms with Crippen LogP contribution in [0.5, 0.6) is 0 Å². The molecule has 4 nitrogen and oxygen atoms in total. The molecule has 1 aliphatic heterocycles. The van der Waals surface area contributed by atoms with Crippen molar-refractivity contribution in [1.82, 2.24) is 4.90 Å². The van der Waals surface area contributed by atoms with Crippen molar-refractivity contribution in [2.75, 3.05) is 6.54 Å². The molecule has 1 atom stereocenters. The minimum absolute atomic E-state index is 0.0883. The first-order chi connectivity index (χ1) is 9.61. The summed E-state index contributed by atoms with van der Waals surface area (Å²) in [4.78, 5) is 26.4. The Balaban J connectivity index is 2.09. The molecule has 1 aliphatic carbocycles. The van der Waals surface area contributed by atoms with Crippen molar-refractivity contribution in [3.63, 3.8) is 0 Å². The highest BCUT2D eigenvalue weighted by Gasteiger charge is 2.36. The number of benzene rings is 1. The van der Waals surface area contributed by atoms with Crippen LogP contribution in [0.1, 0.15) is 40.0 Å². The van der Waals surface area contributed by atoms with Gasteiger partial charge in [-0.25, -0.2) is 0 Å². The summed E-state index contributed by atoms with van der Waals surface area (Å²) in [7, 11) is 0. The average molecular weight is 292 g/mol. The van der Waals surface area contributed by atoms with Gasteiger partial charge in [0.1, 0.15) is 17.0 Å². The monoisotopic (exact) mass is 291 g/mol. The molecule has 2 aliphatic rings. The Morgan fingerprint density at radius 1 is 1.10 bits per heavy atom. The maximum Gasteiger partial charge on any atom is 0.211 e. The minimum atomic E-state index is -0.755. The van der Waals surface area contributed by atoms with Gasteiger partial charge in [0, 0.05) is 17.7 Å². The first kappa shape index (κ1) is 13.3. The molecule has 1 saturated heterocycles. The van der Waals surface area contributed by atoms with Crippen molar-refractivity contribution >= 4 is 23.2 Å². The molecule has 0 radical (unpaired) electrons. The normalized spacial score (nSPS) is 23.1. The summed E-state index contributed by atoms with van der Waals surface area (Å²) in [5.41, 5.74) is 0.829. The number of rotatable bonds is 1. The van der Waals surface area contributed by atoms with Gasteiger partial charge in [-0.2, -0.15) is 0 Å². The molecule has 1 N–H and O–H groups in total. The molecule has 0 bridgehead atoms. The van der Waals surface area contributed by atoms with Gasteiger partial charge >= 0.3 is 0 Å². The second kappa shape index (κ2) is 5.04. The first-order valence-electron chi connectivity index (χ1n) is 6.64. The standard InChI is InChI=1S/C15H14ClNO3/c16-12-13(17-8-4-3-7-11(17)18)15(20)10-6-2-1-5-9(10)14(12)19/h1-2,5-6,11,18H,3-4,7-8H2. The van der Waals surface area contributed by atoms with Crippen molar-refractivity contribution in [2.24, 2.45) is 0 Å². The molecule has 1 heterocycles. The Bertz CT molecular complexity index is 623. The van der Waals surface area contributed by atoms with E-state index in [1.807, 2.05) is 0 Å². The highest BCUT2D eigenvalue weighted by atomic mass is 35.5. The molecule has 104 valence electrons. The van der Waals surface area contributed by atoms with Crippen molar-refractivity contribution in [1.29, 1.82) is 0 Å². The fourth-order valence-corrected chi connectivity index (χ4v) is 3.06. The van der Waals surface area contributed by atoms with Gasteiger partial charge in [-0.3, -0.25) is 9.59 Å². The fourth-order valence-electron chi connectivity index (χ4n) is 2.76. The largest absolute Gasteiger partial charge is 0.374 e. The van der Waals surface area contributed by atoms with Crippen molar-refractivity contribution in [3.05, 3.63) is 46.1 Å². The van der Waals surface area contributed by atoms with Crippen LogP contribution in [0.25, 0.3) is 0 Å². The van der Waals surface area contributed by atoms with Crippen molar-refractivity contribution in [2.45, 2.75) is 25.5 Å². The maximum absolute atomic E-state index is 12.6. The molecule has 20 heavy (non-hydrogen) atoms. The number of carbonyl (C=O) groups is 2. The highest BCUT2D eigenvalue weighted by molar-refractivity contribution is 6.49. The first-order valence-corrected chi connectivity index (χ1v) is 7.02. The average Bonchev–Trinajstić information content (AvgIpc) is 2.47. The molecule has 3 rings (SSSR count). The van der Waals surface area contributed by atoms with Gasteiger partial charge in [0.25, 0.3) is 0 Å². The molecule has 1 aromatic rings. The number of nitrogens with zero attached hydrogens (tertiary/aromatic N) is 1. The molecule has 1 unspecified atom stereocenters. The summed E-state index contributed by atoms with van der Waals surface area (Å²) in [5.74, 6) is -0.638. The molecule has 0 aromatic heterocycles. The number of Topliss-reactive ketones (excluding diaryl/α,β-unsaturated/α-hetero) is 2. The number of piperidine rings is 1. The Labute approximate surface area is 121 Å². The number of carbonyl (C=O) groups excluding carboxylic acids is 2. The fraction of sp³-hybridized carbons (Fsp3) is 0.333. The van der Waals surface area contributed by atoms with E-state index >= 15 is 0 Å². The number of hydrogen-bond acceptors (Lipinski definition) is 4. The van der Waals surface area contributed by atoms with E-state index in [2.05, 4.69) is 0 Å². The predicted octanol–water partition coefficient (Wildman–Crippen LogP) is 2.32. The molecule has 1 aromatic carbocycles. The van der Waals surface area contributed by atoms with Gasteiger partial charge in [-0.15, -0.1) is 0 Å². The molecule has 0 spiro atoms. The lowest BCUT2D eigenvalue weighted by molar-refractivity contribution is -0.000960. The molecular weight excluding hydrogens is 278 g/mol. The lowest BCUT2D eigenvalue weighted by Gasteiger charge is -2.36. The third kappa shape index (κ3) is 1.96. The second-order valence-corrected chi connectivity index (χ2v) is 5.41. The van der Waals surface area contributed by atoms with Crippen LogP contribution in [0.15, 0.2) is 35.0 Å². The second-order valence-electron chi connectivity index (χ2n) is 5.04. The molecule has 1 fully saturated rings. The summed E-state index contributed by atoms with van der Waals surface area (Å²) in [6, 6.07) is 6.64. The molecule has 0 amide bonds. The third-order valence-electron chi connectivity index (χ3n) is 3.80. The lowest BCUT2D eigenvalue weighted by atomic mass is 9.91. The topological polar surface area (TPSA) is 57.6 Å². The maximum atomic E-state index is 12.6. The number of aliphatic hydroxyl groups is 1. The van der Waals surface area contributed by atoms with Gasteiger partial charge in [0.2, 0.25) is 11.6 Å². The van der Waals surface area contributed by atoms with Gasteiger partial charge in [0.15, 0.2) is 0 Å². The van der Waals surface area contributed by atoms with Crippen LogP contribution in [-0.4, -0.2) is 34.3 Å². The van der Waals surface area contributed by atoms with E-state index < -0.39 is 6.23 Å². The SMILES string of the molecule is O=C1C(Cl)=C(N2CCCCC2O)C(=O)c2ccccc21. The van der Waals surface area contributed by atoms with Gasteiger partial charge < -0.3 is 10.0 Å². The summed E-state index contributed by atoms with van der Waals surface area (Å²) in [5, 5.41) is 9.97. The van der Waals surface area contributed by atoms with Crippen LogP contribution in [0, 0.1) is 0 Å². The van der Waals surface area contributed by atoms with E-state index in [1.54, 1.807) is 29.2 Å². The number of ketones is 2. The van der Waals surface area contributed by atoms with Crippen LogP contribution in [0.3, 0.4) is 0 Å². The summed E-state index contributed by atoms with van der Waals surface area (Å²) < 4.78 is 0. The Morgan fingerprint density at radius 2 is 1.75 bits per heavy atom. The number of hydrogen-bond donors (Lipinski definition) is 1. The lowest BCUT2D eigenvalue weighted by Crippen LogP contribution is -2.43. The van der Waals surface area contributed by atoms with E-state index in [0.717, 1.165) is 12.8 Å². The van der Waals surface area contributed by atoms with Gasteiger partial charge in [-0.1, -0.05) is 35.9 Å². The zero-order valence-corrected chi connectivity index (χ0v) is 11.6. The third-order valence-corrected chi connectivity index (χ3v) is 4.15. The number of halogens is 1. The zero-order chi connectivity index (χ0) is 14.3. The number of allylic oxidation sites excluding steroid dienone is 2. The van der Waals surface area contributed by atoms with Crippen molar-refractivity contribution < 1.29 is 14.7 Å². The number of likely N-dealkylation sites (tertiary alicyclic amines) is 1. The van der Waals surface area contributed by atoms with E-state index in [4.69, 9.17) is 11.6 Å². The van der Waals surface area contributed by atoms with Crippen LogP contribution in [0.2, 0.25) is 0 Å². The molecule has 0 saturated carbocycles. The highest BCUT2D eigenvalue weighted by Crippen LogP contribution is 2.33. The van der Waals surface area contributed by atoms with E-state index in [-0.39, 0.29) is 22.3 Å². The quantitative estimate of drug-likeness (QED) is 0.863. The van der Waals surface area contributed by atoms with Crippen LogP contribution >= 0.6 is 11.6 Å². The van der Waals surface area contributed by atoms with E-state index in [0.29, 0.717) is 24.1 Å². The molecular formula is C15H14ClNO3. The summed E-state index contributed by atoms with van der Waals surface area (Å²) >= 11 is 6.11. The van der Waals surface area contributed by atoms with Crippen molar-refractivity contribution in [3.8, 4) is 0 Å². The summed E-state index contributed by atoms with van der Waals surface area (Å²) in [6.07, 6.45) is 1.60. The van der Waals surface area contributed by atoms with E-state index in [1.165, 1.54) is 0 Å². The minimum Gasteiger partial charge on any atom is -0.374 e. The smallest absolute Gasteiger partial charge is 0.211 e. The number of aliphatic hydroxyl groups excluding tert-OH is 1. The van der Waals surface area contributed by atoms with E-state index in [9.17, 15) is 14.7 Å². The Morgan fingerprint density at radius 3 is 2.40 bits per heavy atom. The molecule has 5 heteroatoms. The van der Waals surface area contributed by atoms with Gasteiger partial charge in [-0.05, 0) is 19.3 Å². The Kier molecular flexibility index (Phi) is 3.36. The Hall–Kier alpha value is -1.65.